The van der Waals surface area contributed by atoms with Crippen LogP contribution in [0.2, 0.25) is 0 Å². The Morgan fingerprint density at radius 3 is 2.48 bits per heavy atom. The van der Waals surface area contributed by atoms with E-state index in [1.165, 1.54) is 6.66 Å². The summed E-state index contributed by atoms with van der Waals surface area (Å²) < 4.78 is 25.0. The number of hydrogen-bond acceptors (Lipinski definition) is 3. The summed E-state index contributed by atoms with van der Waals surface area (Å²) in [5.74, 6) is 1.42. The van der Waals surface area contributed by atoms with E-state index in [4.69, 9.17) is 9.47 Å². The summed E-state index contributed by atoms with van der Waals surface area (Å²) in [4.78, 5) is 9.93. The van der Waals surface area contributed by atoms with E-state index < -0.39 is 7.37 Å². The van der Waals surface area contributed by atoms with Crippen LogP contribution in [0.25, 0.3) is 0 Å². The summed E-state index contributed by atoms with van der Waals surface area (Å²) in [7, 11) is -1.33. The van der Waals surface area contributed by atoms with Crippen LogP contribution in [0.5, 0.6) is 5.75 Å². The Morgan fingerprint density at radius 2 is 1.90 bits per heavy atom. The lowest BCUT2D eigenvalue weighted by Gasteiger charge is -2.30. The molecule has 1 fully saturated rings. The summed E-state index contributed by atoms with van der Waals surface area (Å²) in [5.41, 5.74) is 3.25. The van der Waals surface area contributed by atoms with Gasteiger partial charge in [-0.25, -0.2) is 0 Å². The molecule has 4 nitrogen and oxygen atoms in total. The molecule has 6 heteroatoms. The molecule has 0 amide bonds. The second kappa shape index (κ2) is 9.79. The van der Waals surface area contributed by atoms with E-state index in [1.807, 2.05) is 24.3 Å². The smallest absolute Gasteiger partial charge is 0.198 e. The second-order valence-corrected chi connectivity index (χ2v) is 13.2. The van der Waals surface area contributed by atoms with Crippen LogP contribution in [0, 0.1) is 11.3 Å². The van der Waals surface area contributed by atoms with E-state index >= 15 is 0 Å². The van der Waals surface area contributed by atoms with Crippen molar-refractivity contribution in [3.8, 4) is 5.75 Å². The van der Waals surface area contributed by atoms with Crippen molar-refractivity contribution in [2.45, 2.75) is 52.2 Å². The zero-order valence-electron chi connectivity index (χ0n) is 19.1. The standard InChI is InChI=1S/C25H34BrO4P/c1-25(2,3)24(29-4)21-13-17(9-12-23(21)26)15-30-20-8-6-7-19(14-20)22(18-10-11-18)16-31(5,27)28/h6-9,12-14,18,22,24H,10-11,15-16H2,1-5H3,(H,27,28)/t22?,24-/m1/s1. The Balaban J connectivity index is 1.75. The average Bonchev–Trinajstić information content (AvgIpc) is 3.50. The molecule has 2 unspecified atom stereocenters. The molecule has 0 radical (unpaired) electrons. The van der Waals surface area contributed by atoms with Gasteiger partial charge in [0.05, 0.1) is 6.10 Å². The molecule has 3 rings (SSSR count). The van der Waals surface area contributed by atoms with Crippen molar-refractivity contribution < 1.29 is 18.9 Å². The van der Waals surface area contributed by atoms with Crippen LogP contribution in [-0.2, 0) is 15.9 Å². The first-order valence-electron chi connectivity index (χ1n) is 10.8. The largest absolute Gasteiger partial charge is 0.489 e. The van der Waals surface area contributed by atoms with Crippen molar-refractivity contribution in [1.82, 2.24) is 0 Å². The molecule has 2 aromatic rings. The van der Waals surface area contributed by atoms with Crippen LogP contribution in [0.15, 0.2) is 46.9 Å². The molecule has 0 saturated heterocycles. The van der Waals surface area contributed by atoms with E-state index in [0.717, 1.165) is 39.8 Å². The molecule has 1 saturated carbocycles. The zero-order chi connectivity index (χ0) is 22.8. The van der Waals surface area contributed by atoms with Gasteiger partial charge in [-0.2, -0.15) is 0 Å². The molecule has 170 valence electrons. The van der Waals surface area contributed by atoms with Crippen LogP contribution < -0.4 is 4.74 Å². The highest BCUT2D eigenvalue weighted by Crippen LogP contribution is 2.50. The first kappa shape index (κ1) is 24.5. The normalized spacial score (nSPS) is 18.3. The first-order valence-corrected chi connectivity index (χ1v) is 13.9. The highest BCUT2D eigenvalue weighted by molar-refractivity contribution is 9.10. The van der Waals surface area contributed by atoms with Gasteiger partial charge in [0.1, 0.15) is 12.4 Å². The fourth-order valence-electron chi connectivity index (χ4n) is 4.22. The Hall–Kier alpha value is -1.13. The van der Waals surface area contributed by atoms with Crippen LogP contribution in [0.3, 0.4) is 0 Å². The van der Waals surface area contributed by atoms with Crippen LogP contribution in [0.4, 0.5) is 0 Å². The number of rotatable bonds is 9. The Labute approximate surface area is 194 Å². The van der Waals surface area contributed by atoms with Gasteiger partial charge in [-0.15, -0.1) is 0 Å². The molecule has 1 aliphatic carbocycles. The third-order valence-corrected chi connectivity index (χ3v) is 7.58. The van der Waals surface area contributed by atoms with Gasteiger partial charge in [0.25, 0.3) is 0 Å². The predicted octanol–water partition coefficient (Wildman–Crippen LogP) is 7.16. The molecule has 0 bridgehead atoms. The number of hydrogen-bond donors (Lipinski definition) is 1. The molecule has 0 heterocycles. The van der Waals surface area contributed by atoms with E-state index in [1.54, 1.807) is 7.11 Å². The van der Waals surface area contributed by atoms with Crippen molar-refractivity contribution in [3.63, 3.8) is 0 Å². The van der Waals surface area contributed by atoms with Gasteiger partial charge >= 0.3 is 0 Å². The van der Waals surface area contributed by atoms with Crippen molar-refractivity contribution in [2.75, 3.05) is 19.9 Å². The number of benzene rings is 2. The maximum Gasteiger partial charge on any atom is 0.198 e. The summed E-state index contributed by atoms with van der Waals surface area (Å²) in [5, 5.41) is 0. The monoisotopic (exact) mass is 508 g/mol. The Kier molecular flexibility index (Phi) is 7.74. The number of halogens is 1. The predicted molar refractivity (Wildman–Crippen MR) is 130 cm³/mol. The highest BCUT2D eigenvalue weighted by Gasteiger charge is 2.35. The lowest BCUT2D eigenvalue weighted by atomic mass is 9.84. The van der Waals surface area contributed by atoms with Gasteiger partial charge in [-0.05, 0) is 71.0 Å². The lowest BCUT2D eigenvalue weighted by Crippen LogP contribution is -2.20. The Bertz CT molecular complexity index is 943. The molecule has 1 aliphatic rings. The molecule has 0 aromatic heterocycles. The fourth-order valence-corrected chi connectivity index (χ4v) is 5.92. The van der Waals surface area contributed by atoms with Gasteiger partial charge in [0.2, 0.25) is 0 Å². The van der Waals surface area contributed by atoms with Gasteiger partial charge < -0.3 is 14.4 Å². The minimum atomic E-state index is -3.07. The van der Waals surface area contributed by atoms with Crippen molar-refractivity contribution >= 4 is 23.3 Å². The third kappa shape index (κ3) is 6.92. The maximum absolute atomic E-state index is 12.0. The van der Waals surface area contributed by atoms with E-state index in [9.17, 15) is 9.46 Å². The molecule has 31 heavy (non-hydrogen) atoms. The fraction of sp³-hybridized carbons (Fsp3) is 0.520. The first-order chi connectivity index (χ1) is 14.5. The minimum Gasteiger partial charge on any atom is -0.489 e. The summed E-state index contributed by atoms with van der Waals surface area (Å²) in [6.07, 6.45) is 2.56. The van der Waals surface area contributed by atoms with Gasteiger partial charge in [0, 0.05) is 24.4 Å². The Morgan fingerprint density at radius 1 is 1.19 bits per heavy atom. The lowest BCUT2D eigenvalue weighted by molar-refractivity contribution is 0.0146. The third-order valence-electron chi connectivity index (χ3n) is 5.78. The maximum atomic E-state index is 12.0. The van der Waals surface area contributed by atoms with Crippen molar-refractivity contribution in [3.05, 3.63) is 63.6 Å². The van der Waals surface area contributed by atoms with E-state index in [0.29, 0.717) is 18.7 Å². The average molecular weight is 509 g/mol. The molecule has 0 spiro atoms. The summed E-state index contributed by atoms with van der Waals surface area (Å²) in [6, 6.07) is 14.3. The van der Waals surface area contributed by atoms with Crippen molar-refractivity contribution in [1.29, 1.82) is 0 Å². The van der Waals surface area contributed by atoms with Gasteiger partial charge in [0.15, 0.2) is 7.37 Å². The number of methoxy groups -OCH3 is 1. The second-order valence-electron chi connectivity index (χ2n) is 9.88. The minimum absolute atomic E-state index is 0.0334. The number of ether oxygens (including phenoxy) is 2. The molecule has 1 N–H and O–H groups in total. The van der Waals surface area contributed by atoms with Crippen LogP contribution >= 0.6 is 23.3 Å². The van der Waals surface area contributed by atoms with E-state index in [2.05, 4.69) is 54.9 Å². The van der Waals surface area contributed by atoms with Crippen LogP contribution in [0.1, 0.15) is 62.3 Å². The molecular weight excluding hydrogens is 475 g/mol. The molecule has 3 atom stereocenters. The highest BCUT2D eigenvalue weighted by atomic mass is 79.9. The van der Waals surface area contributed by atoms with Gasteiger partial charge in [-0.3, -0.25) is 4.57 Å². The van der Waals surface area contributed by atoms with E-state index in [-0.39, 0.29) is 17.4 Å². The zero-order valence-corrected chi connectivity index (χ0v) is 21.6. The quantitative estimate of drug-likeness (QED) is 0.365. The summed E-state index contributed by atoms with van der Waals surface area (Å²) in [6.45, 7) is 8.41. The SMILES string of the molecule is CO[C@H](c1cc(COc2cccc(C(CP(C)(=O)O)C3CC3)c2)ccc1Br)C(C)(C)C. The van der Waals surface area contributed by atoms with Gasteiger partial charge in [-0.1, -0.05) is 54.9 Å². The van der Waals surface area contributed by atoms with Crippen molar-refractivity contribution in [2.24, 2.45) is 11.3 Å². The molecule has 2 aromatic carbocycles. The molecular formula is C25H34BrO4P. The molecule has 0 aliphatic heterocycles. The summed E-state index contributed by atoms with van der Waals surface area (Å²) >= 11 is 3.66. The van der Waals surface area contributed by atoms with Crippen LogP contribution in [-0.4, -0.2) is 24.8 Å². The topological polar surface area (TPSA) is 55.8 Å².